The molecule has 7 nitrogen and oxygen atoms in total. The lowest BCUT2D eigenvalue weighted by molar-refractivity contribution is -0.139. The van der Waals surface area contributed by atoms with Crippen molar-refractivity contribution in [1.82, 2.24) is 24.7 Å². The molecule has 0 N–H and O–H groups in total. The van der Waals surface area contributed by atoms with Crippen LogP contribution in [-0.2, 0) is 28.2 Å². The Hall–Kier alpha value is -2.39. The zero-order valence-corrected chi connectivity index (χ0v) is 17.3. The van der Waals surface area contributed by atoms with Crippen LogP contribution in [0.15, 0.2) is 59.1 Å². The quantitative estimate of drug-likeness (QED) is 0.299. The minimum Gasteiger partial charge on any atom is -0.468 e. The van der Waals surface area contributed by atoms with E-state index in [-0.39, 0.29) is 11.2 Å². The molecule has 2 heterocycles. The standard InChI is InChI=1S/C19H21N5O2S2/c1-14(17(25)26-2)28-19-23-22-16(13-27-18-20-10-6-11-21-18)24(19)12-9-15-7-4-3-5-8-15/h3-8,10-11,14H,9,12-13H2,1-2H3. The molecule has 0 aliphatic rings. The van der Waals surface area contributed by atoms with E-state index in [1.807, 2.05) is 18.2 Å². The van der Waals surface area contributed by atoms with Crippen molar-refractivity contribution in [1.29, 1.82) is 0 Å². The van der Waals surface area contributed by atoms with Gasteiger partial charge in [-0.1, -0.05) is 53.9 Å². The number of methoxy groups -OCH3 is 1. The van der Waals surface area contributed by atoms with Gasteiger partial charge in [-0.25, -0.2) is 9.97 Å². The third kappa shape index (κ3) is 5.56. The molecular weight excluding hydrogens is 394 g/mol. The molecule has 0 spiro atoms. The van der Waals surface area contributed by atoms with Gasteiger partial charge in [-0.2, -0.15) is 0 Å². The summed E-state index contributed by atoms with van der Waals surface area (Å²) in [6.45, 7) is 2.53. The summed E-state index contributed by atoms with van der Waals surface area (Å²) in [6, 6.07) is 12.0. The van der Waals surface area contributed by atoms with Crippen LogP contribution in [0.5, 0.6) is 0 Å². The summed E-state index contributed by atoms with van der Waals surface area (Å²) in [5.74, 6) is 1.14. The number of esters is 1. The fraction of sp³-hybridized carbons (Fsp3) is 0.316. The zero-order valence-electron chi connectivity index (χ0n) is 15.7. The molecule has 2 aromatic heterocycles. The maximum atomic E-state index is 11.8. The van der Waals surface area contributed by atoms with E-state index in [2.05, 4.69) is 36.9 Å². The van der Waals surface area contributed by atoms with Crippen LogP contribution in [0.1, 0.15) is 18.3 Å². The van der Waals surface area contributed by atoms with Gasteiger partial charge in [-0.05, 0) is 25.0 Å². The summed E-state index contributed by atoms with van der Waals surface area (Å²) in [6.07, 6.45) is 4.28. The fourth-order valence-electron chi connectivity index (χ4n) is 2.48. The minimum absolute atomic E-state index is 0.281. The number of aromatic nitrogens is 5. The Morgan fingerprint density at radius 1 is 1.14 bits per heavy atom. The van der Waals surface area contributed by atoms with Crippen LogP contribution in [0, 0.1) is 0 Å². The number of hydrogen-bond donors (Lipinski definition) is 0. The van der Waals surface area contributed by atoms with Crippen molar-refractivity contribution >= 4 is 29.5 Å². The zero-order chi connectivity index (χ0) is 19.8. The Balaban J connectivity index is 1.76. The van der Waals surface area contributed by atoms with Crippen molar-refractivity contribution in [2.24, 2.45) is 0 Å². The minimum atomic E-state index is -0.359. The molecule has 0 radical (unpaired) electrons. The van der Waals surface area contributed by atoms with E-state index >= 15 is 0 Å². The summed E-state index contributed by atoms with van der Waals surface area (Å²) < 4.78 is 6.89. The van der Waals surface area contributed by atoms with Crippen LogP contribution in [0.25, 0.3) is 0 Å². The van der Waals surface area contributed by atoms with E-state index in [1.165, 1.54) is 36.2 Å². The Morgan fingerprint density at radius 2 is 1.89 bits per heavy atom. The molecule has 3 rings (SSSR count). The summed E-state index contributed by atoms with van der Waals surface area (Å²) in [5.41, 5.74) is 1.23. The number of rotatable bonds is 9. The molecule has 1 atom stereocenters. The van der Waals surface area contributed by atoms with Crippen LogP contribution in [0.3, 0.4) is 0 Å². The van der Waals surface area contributed by atoms with Gasteiger partial charge in [0.1, 0.15) is 11.1 Å². The smallest absolute Gasteiger partial charge is 0.318 e. The summed E-state index contributed by atoms with van der Waals surface area (Å²) in [5, 5.41) is 9.70. The van der Waals surface area contributed by atoms with Crippen molar-refractivity contribution < 1.29 is 9.53 Å². The molecular formula is C19H21N5O2S2. The second kappa shape index (κ2) is 10.2. The lowest BCUT2D eigenvalue weighted by atomic mass is 10.1. The monoisotopic (exact) mass is 415 g/mol. The van der Waals surface area contributed by atoms with Gasteiger partial charge in [0.15, 0.2) is 10.3 Å². The number of thioether (sulfide) groups is 2. The highest BCUT2D eigenvalue weighted by Gasteiger charge is 2.20. The number of benzene rings is 1. The topological polar surface area (TPSA) is 82.8 Å². The molecule has 1 aromatic carbocycles. The van der Waals surface area contributed by atoms with Crippen LogP contribution < -0.4 is 0 Å². The van der Waals surface area contributed by atoms with E-state index in [1.54, 1.807) is 25.4 Å². The van der Waals surface area contributed by atoms with Gasteiger partial charge in [0.2, 0.25) is 0 Å². The first kappa shape index (κ1) is 20.3. The van der Waals surface area contributed by atoms with Gasteiger partial charge in [-0.3, -0.25) is 4.79 Å². The molecule has 0 saturated heterocycles. The first-order valence-electron chi connectivity index (χ1n) is 8.77. The number of ether oxygens (including phenoxy) is 1. The number of nitrogens with zero attached hydrogens (tertiary/aromatic N) is 5. The second-order valence-corrected chi connectivity index (χ2v) is 8.14. The third-order valence-electron chi connectivity index (χ3n) is 3.95. The van der Waals surface area contributed by atoms with Crippen LogP contribution >= 0.6 is 23.5 Å². The molecule has 1 unspecified atom stereocenters. The predicted molar refractivity (Wildman–Crippen MR) is 109 cm³/mol. The molecule has 9 heteroatoms. The van der Waals surface area contributed by atoms with E-state index in [0.717, 1.165) is 18.8 Å². The third-order valence-corrected chi connectivity index (χ3v) is 5.88. The molecule has 28 heavy (non-hydrogen) atoms. The van der Waals surface area contributed by atoms with Gasteiger partial charge in [0.25, 0.3) is 0 Å². The van der Waals surface area contributed by atoms with Gasteiger partial charge in [0, 0.05) is 18.9 Å². The molecule has 0 bridgehead atoms. The second-order valence-electron chi connectivity index (χ2n) is 5.89. The number of hydrogen-bond acceptors (Lipinski definition) is 8. The highest BCUT2D eigenvalue weighted by atomic mass is 32.2. The van der Waals surface area contributed by atoms with E-state index in [0.29, 0.717) is 16.1 Å². The SMILES string of the molecule is COC(=O)C(C)Sc1nnc(CSc2ncccn2)n1CCc1ccccc1. The van der Waals surface area contributed by atoms with Crippen molar-refractivity contribution in [3.05, 3.63) is 60.2 Å². The first-order chi connectivity index (χ1) is 13.7. The summed E-state index contributed by atoms with van der Waals surface area (Å²) >= 11 is 2.86. The van der Waals surface area contributed by atoms with E-state index < -0.39 is 0 Å². The maximum Gasteiger partial charge on any atom is 0.318 e. The molecule has 146 valence electrons. The first-order valence-corrected chi connectivity index (χ1v) is 10.6. The molecule has 0 aliphatic carbocycles. The number of carbonyl (C=O) groups excluding carboxylic acids is 1. The number of carbonyl (C=O) groups is 1. The maximum absolute atomic E-state index is 11.8. The predicted octanol–water partition coefficient (Wildman–Crippen LogP) is 3.26. The Kier molecular flexibility index (Phi) is 7.44. The van der Waals surface area contributed by atoms with E-state index in [4.69, 9.17) is 4.74 Å². The van der Waals surface area contributed by atoms with Gasteiger partial charge in [-0.15, -0.1) is 10.2 Å². The normalized spacial score (nSPS) is 11.9. The average molecular weight is 416 g/mol. The van der Waals surface area contributed by atoms with Crippen LogP contribution in [-0.4, -0.2) is 43.1 Å². The van der Waals surface area contributed by atoms with Crippen molar-refractivity contribution in [3.63, 3.8) is 0 Å². The van der Waals surface area contributed by atoms with Crippen molar-refractivity contribution in [3.8, 4) is 0 Å². The highest BCUT2D eigenvalue weighted by molar-refractivity contribution is 8.00. The van der Waals surface area contributed by atoms with Crippen LogP contribution in [0.4, 0.5) is 0 Å². The molecule has 0 amide bonds. The van der Waals surface area contributed by atoms with Crippen molar-refractivity contribution in [2.45, 2.75) is 41.2 Å². The highest BCUT2D eigenvalue weighted by Crippen LogP contribution is 2.26. The Bertz CT molecular complexity index is 890. The van der Waals surface area contributed by atoms with E-state index in [9.17, 15) is 4.79 Å². The molecule has 3 aromatic rings. The molecule has 0 saturated carbocycles. The van der Waals surface area contributed by atoms with Gasteiger partial charge < -0.3 is 9.30 Å². The lowest BCUT2D eigenvalue weighted by Crippen LogP contribution is -2.16. The summed E-state index contributed by atoms with van der Waals surface area (Å²) in [7, 11) is 1.39. The van der Waals surface area contributed by atoms with Crippen LogP contribution in [0.2, 0.25) is 0 Å². The Morgan fingerprint density at radius 3 is 2.61 bits per heavy atom. The van der Waals surface area contributed by atoms with Crippen molar-refractivity contribution in [2.75, 3.05) is 7.11 Å². The summed E-state index contributed by atoms with van der Waals surface area (Å²) in [4.78, 5) is 20.3. The number of aryl methyl sites for hydroxylation is 1. The largest absolute Gasteiger partial charge is 0.468 e. The fourth-order valence-corrected chi connectivity index (χ4v) is 4.15. The van der Waals surface area contributed by atoms with Gasteiger partial charge >= 0.3 is 5.97 Å². The Labute approximate surface area is 172 Å². The molecule has 0 fully saturated rings. The average Bonchev–Trinajstić information content (AvgIpc) is 3.12. The molecule has 0 aliphatic heterocycles. The lowest BCUT2D eigenvalue weighted by Gasteiger charge is -2.12. The van der Waals surface area contributed by atoms with Gasteiger partial charge in [0.05, 0.1) is 12.9 Å².